The number of piperidine rings is 1. The lowest BCUT2D eigenvalue weighted by atomic mass is 10.0. The number of carbonyl (C=O) groups is 1. The number of rotatable bonds is 7. The highest BCUT2D eigenvalue weighted by Gasteiger charge is 2.38. The highest BCUT2D eigenvalue weighted by molar-refractivity contribution is 7.90. The van der Waals surface area contributed by atoms with Gasteiger partial charge >= 0.3 is 12.1 Å². The molecule has 1 aromatic heterocycles. The summed E-state index contributed by atoms with van der Waals surface area (Å²) < 4.78 is 77.7. The molecule has 4 rings (SSSR count). The molecule has 3 aromatic rings. The molecule has 0 spiro atoms. The number of nitrogens with zero attached hydrogens (tertiary/aromatic N) is 2. The van der Waals surface area contributed by atoms with Crippen LogP contribution in [0, 0.1) is 5.82 Å². The normalized spacial score (nSPS) is 15.7. The van der Waals surface area contributed by atoms with Crippen LogP contribution in [-0.2, 0) is 20.4 Å². The molecule has 1 atom stereocenters. The molecular formula is C25H25ClF4N2O5S2. The summed E-state index contributed by atoms with van der Waals surface area (Å²) in [6.45, 7) is 3.88. The number of alkyl halides is 3. The van der Waals surface area contributed by atoms with Crippen molar-refractivity contribution >= 4 is 38.7 Å². The predicted octanol–water partition coefficient (Wildman–Crippen LogP) is 6.15. The Kier molecular flexibility index (Phi) is 10.3. The van der Waals surface area contributed by atoms with Crippen molar-refractivity contribution in [2.24, 2.45) is 0 Å². The van der Waals surface area contributed by atoms with Gasteiger partial charge in [0.1, 0.15) is 33.3 Å². The average molecular weight is 609 g/mol. The van der Waals surface area contributed by atoms with E-state index in [-0.39, 0.29) is 22.6 Å². The van der Waals surface area contributed by atoms with E-state index in [1.54, 1.807) is 5.38 Å². The van der Waals surface area contributed by atoms with Crippen molar-refractivity contribution in [3.05, 3.63) is 75.5 Å². The highest BCUT2D eigenvalue weighted by atomic mass is 35.5. The van der Waals surface area contributed by atoms with E-state index in [1.165, 1.54) is 23.1 Å². The zero-order valence-corrected chi connectivity index (χ0v) is 23.0. The Bertz CT molecular complexity index is 1350. The molecule has 1 N–H and O–H groups in total. The van der Waals surface area contributed by atoms with Gasteiger partial charge in [-0.3, -0.25) is 4.90 Å². The second kappa shape index (κ2) is 13.1. The SMILES string of the molecule is C[C@H](c1ccccc1)N1CCC(Oc2cc(F)c(S(=O)(=O)Cc3nccs3)cc2Cl)CC1.O=C(O)C(F)(F)F. The predicted molar refractivity (Wildman–Crippen MR) is 138 cm³/mol. The van der Waals surface area contributed by atoms with Gasteiger partial charge in [0.2, 0.25) is 0 Å². The van der Waals surface area contributed by atoms with Crippen LogP contribution in [0.3, 0.4) is 0 Å². The maximum atomic E-state index is 14.7. The number of carboxylic acid groups (broad SMARTS) is 1. The molecule has 14 heteroatoms. The standard InChI is InChI=1S/C23H24ClFN2O3S2.C2HF3O2/c1-16(17-5-3-2-4-6-17)27-10-7-18(8-11-27)30-21-14-20(25)22(13-19(21)24)32(28,29)15-23-26-9-12-31-23;3-2(4,5)1(6)7/h2-6,9,12-14,16,18H,7-8,10-11,15H2,1H3;(H,6,7)/t16-;/m1./s1. The molecule has 212 valence electrons. The van der Waals surface area contributed by atoms with E-state index in [9.17, 15) is 26.0 Å². The lowest BCUT2D eigenvalue weighted by Crippen LogP contribution is -2.39. The highest BCUT2D eigenvalue weighted by Crippen LogP contribution is 2.34. The summed E-state index contributed by atoms with van der Waals surface area (Å²) in [5.74, 6) is -3.81. The molecule has 1 aliphatic rings. The molecular weight excluding hydrogens is 584 g/mol. The molecule has 0 aliphatic carbocycles. The van der Waals surface area contributed by atoms with E-state index in [1.807, 2.05) is 18.2 Å². The third-order valence-corrected chi connectivity index (χ3v) is 8.86. The van der Waals surface area contributed by atoms with Crippen LogP contribution in [0.4, 0.5) is 17.6 Å². The van der Waals surface area contributed by atoms with Crippen molar-refractivity contribution < 1.29 is 40.6 Å². The fourth-order valence-corrected chi connectivity index (χ4v) is 6.53. The average Bonchev–Trinajstić information content (AvgIpc) is 3.38. The number of likely N-dealkylation sites (tertiary alicyclic amines) is 1. The molecule has 2 heterocycles. The number of aromatic nitrogens is 1. The second-order valence-electron chi connectivity index (χ2n) is 8.64. The van der Waals surface area contributed by atoms with Crippen molar-refractivity contribution in [2.45, 2.75) is 48.7 Å². The van der Waals surface area contributed by atoms with Gasteiger partial charge in [0.25, 0.3) is 0 Å². The maximum absolute atomic E-state index is 14.7. The molecule has 1 saturated heterocycles. The van der Waals surface area contributed by atoms with Crippen molar-refractivity contribution in [2.75, 3.05) is 13.1 Å². The van der Waals surface area contributed by atoms with Crippen molar-refractivity contribution in [1.29, 1.82) is 0 Å². The van der Waals surface area contributed by atoms with E-state index in [0.29, 0.717) is 11.0 Å². The first-order valence-corrected chi connectivity index (χ1v) is 14.5. The van der Waals surface area contributed by atoms with Gasteiger partial charge in [0.05, 0.1) is 5.02 Å². The summed E-state index contributed by atoms with van der Waals surface area (Å²) in [6.07, 6.45) is -2.12. The van der Waals surface area contributed by atoms with Crippen LogP contribution in [-0.4, -0.2) is 54.7 Å². The summed E-state index contributed by atoms with van der Waals surface area (Å²) in [5, 5.41) is 9.29. The minimum absolute atomic E-state index is 0.0872. The number of carboxylic acids is 1. The number of hydrogen-bond donors (Lipinski definition) is 1. The molecule has 1 aliphatic heterocycles. The Morgan fingerprint density at radius 2 is 1.85 bits per heavy atom. The first-order valence-electron chi connectivity index (χ1n) is 11.6. The van der Waals surface area contributed by atoms with E-state index in [4.69, 9.17) is 26.2 Å². The third-order valence-electron chi connectivity index (χ3n) is 5.96. The fraction of sp³-hybridized carbons (Fsp3) is 0.360. The Labute approximate surface area is 231 Å². The number of halogens is 5. The second-order valence-corrected chi connectivity index (χ2v) is 12.0. The summed E-state index contributed by atoms with van der Waals surface area (Å²) in [7, 11) is -3.90. The summed E-state index contributed by atoms with van der Waals surface area (Å²) in [5.41, 5.74) is 1.27. The van der Waals surface area contributed by atoms with E-state index in [2.05, 4.69) is 28.9 Å². The quantitative estimate of drug-likeness (QED) is 0.322. The van der Waals surface area contributed by atoms with E-state index >= 15 is 0 Å². The smallest absolute Gasteiger partial charge is 0.489 e. The van der Waals surface area contributed by atoms with E-state index < -0.39 is 32.7 Å². The minimum atomic E-state index is -5.08. The summed E-state index contributed by atoms with van der Waals surface area (Å²) in [6, 6.07) is 12.9. The largest absolute Gasteiger partial charge is 0.490 e. The molecule has 39 heavy (non-hydrogen) atoms. The van der Waals surface area contributed by atoms with Crippen LogP contribution in [0.2, 0.25) is 5.02 Å². The molecule has 0 saturated carbocycles. The number of hydrogen-bond acceptors (Lipinski definition) is 7. The number of sulfone groups is 1. The molecule has 0 unspecified atom stereocenters. The fourth-order valence-electron chi connectivity index (χ4n) is 3.91. The van der Waals surface area contributed by atoms with Crippen LogP contribution in [0.25, 0.3) is 0 Å². The number of thiazole rings is 1. The van der Waals surface area contributed by atoms with Crippen LogP contribution >= 0.6 is 22.9 Å². The first-order chi connectivity index (χ1) is 18.3. The summed E-state index contributed by atoms with van der Waals surface area (Å²) in [4.78, 5) is 14.8. The zero-order valence-electron chi connectivity index (χ0n) is 20.6. The zero-order chi connectivity index (χ0) is 28.8. The first kappa shape index (κ1) is 30.8. The van der Waals surface area contributed by atoms with Gasteiger partial charge in [-0.2, -0.15) is 13.2 Å². The molecule has 0 radical (unpaired) electrons. The monoisotopic (exact) mass is 608 g/mol. The summed E-state index contributed by atoms with van der Waals surface area (Å²) >= 11 is 7.50. The lowest BCUT2D eigenvalue weighted by Gasteiger charge is -2.36. The van der Waals surface area contributed by atoms with Gasteiger partial charge in [-0.1, -0.05) is 41.9 Å². The van der Waals surface area contributed by atoms with Gasteiger partial charge in [-0.15, -0.1) is 11.3 Å². The van der Waals surface area contributed by atoms with Crippen molar-refractivity contribution in [1.82, 2.24) is 9.88 Å². The Morgan fingerprint density at radius 1 is 1.23 bits per heavy atom. The Morgan fingerprint density at radius 3 is 2.38 bits per heavy atom. The lowest BCUT2D eigenvalue weighted by molar-refractivity contribution is -0.192. The molecule has 0 bridgehead atoms. The molecule has 1 fully saturated rings. The van der Waals surface area contributed by atoms with Crippen LogP contribution in [0.5, 0.6) is 5.75 Å². The topological polar surface area (TPSA) is 96.8 Å². The van der Waals surface area contributed by atoms with Gasteiger partial charge in [0, 0.05) is 36.8 Å². The maximum Gasteiger partial charge on any atom is 0.490 e. The van der Waals surface area contributed by atoms with Gasteiger partial charge in [0.15, 0.2) is 9.84 Å². The molecule has 2 aromatic carbocycles. The third kappa shape index (κ3) is 8.62. The van der Waals surface area contributed by atoms with E-state index in [0.717, 1.165) is 38.1 Å². The number of ether oxygens (including phenoxy) is 1. The molecule has 0 amide bonds. The van der Waals surface area contributed by atoms with Gasteiger partial charge in [-0.05, 0) is 31.4 Å². The van der Waals surface area contributed by atoms with Crippen molar-refractivity contribution in [3.8, 4) is 5.75 Å². The Balaban J connectivity index is 0.000000532. The van der Waals surface area contributed by atoms with Crippen LogP contribution < -0.4 is 4.74 Å². The van der Waals surface area contributed by atoms with Crippen molar-refractivity contribution in [3.63, 3.8) is 0 Å². The molecule has 7 nitrogen and oxygen atoms in total. The van der Waals surface area contributed by atoms with Crippen LogP contribution in [0.15, 0.2) is 58.9 Å². The van der Waals surface area contributed by atoms with Gasteiger partial charge in [-0.25, -0.2) is 22.6 Å². The minimum Gasteiger partial charge on any atom is -0.489 e. The van der Waals surface area contributed by atoms with Crippen LogP contribution in [0.1, 0.15) is 36.4 Å². The van der Waals surface area contributed by atoms with Gasteiger partial charge < -0.3 is 9.84 Å². The Hall–Kier alpha value is -2.74. The number of benzene rings is 2. The number of aliphatic carboxylic acids is 1.